The van der Waals surface area contributed by atoms with Gasteiger partial charge in [-0.25, -0.2) is 9.07 Å². The van der Waals surface area contributed by atoms with E-state index in [0.717, 1.165) is 5.69 Å². The largest absolute Gasteiger partial charge is 0.433 e. The molecule has 0 saturated carbocycles. The molecule has 0 fully saturated rings. The average molecular weight is 280 g/mol. The van der Waals surface area contributed by atoms with Gasteiger partial charge in [0.15, 0.2) is 11.4 Å². The highest BCUT2D eigenvalue weighted by atomic mass is 19.1. The summed E-state index contributed by atoms with van der Waals surface area (Å²) < 4.78 is 20.8. The fourth-order valence-corrected chi connectivity index (χ4v) is 2.34. The number of hydrogen-bond donors (Lipinski definition) is 0. The first-order valence-corrected chi connectivity index (χ1v) is 6.40. The van der Waals surface area contributed by atoms with Crippen LogP contribution in [0.15, 0.2) is 63.9 Å². The van der Waals surface area contributed by atoms with Gasteiger partial charge in [0.1, 0.15) is 5.39 Å². The summed E-state index contributed by atoms with van der Waals surface area (Å²) in [6, 6.07) is 13.6. The van der Waals surface area contributed by atoms with Gasteiger partial charge in [0.05, 0.1) is 11.1 Å². The molecule has 0 amide bonds. The maximum atomic E-state index is 13.8. The van der Waals surface area contributed by atoms with E-state index in [9.17, 15) is 9.18 Å². The molecule has 0 N–H and O–H groups in total. The summed E-state index contributed by atoms with van der Waals surface area (Å²) in [5, 5.41) is 4.77. The van der Waals surface area contributed by atoms with Gasteiger partial charge >= 0.3 is 0 Å². The highest BCUT2D eigenvalue weighted by Gasteiger charge is 2.14. The summed E-state index contributed by atoms with van der Waals surface area (Å²) in [5.41, 5.74) is 0.579. The molecule has 0 aliphatic heterocycles. The Morgan fingerprint density at radius 2 is 1.81 bits per heavy atom. The minimum atomic E-state index is -0.569. The van der Waals surface area contributed by atoms with E-state index in [4.69, 9.17) is 4.42 Å². The molecule has 4 rings (SSSR count). The van der Waals surface area contributed by atoms with Gasteiger partial charge in [-0.3, -0.25) is 4.79 Å². The Morgan fingerprint density at radius 3 is 2.62 bits per heavy atom. The van der Waals surface area contributed by atoms with Crippen LogP contribution in [0.4, 0.5) is 4.39 Å². The Labute approximate surface area is 118 Å². The van der Waals surface area contributed by atoms with Crippen molar-refractivity contribution in [3.63, 3.8) is 0 Å². The Morgan fingerprint density at radius 1 is 1.00 bits per heavy atom. The van der Waals surface area contributed by atoms with Crippen molar-refractivity contribution in [2.45, 2.75) is 0 Å². The molecule has 0 bridgehead atoms. The Hall–Kier alpha value is -2.95. The van der Waals surface area contributed by atoms with E-state index in [2.05, 4.69) is 5.10 Å². The Kier molecular flexibility index (Phi) is 2.41. The molecule has 5 heteroatoms. The number of fused-ring (bicyclic) bond motifs is 2. The lowest BCUT2D eigenvalue weighted by molar-refractivity contribution is 0.570. The number of hydrogen-bond acceptors (Lipinski definition) is 3. The maximum Gasteiger partial charge on any atom is 0.250 e. The minimum absolute atomic E-state index is 0.0617. The standard InChI is InChI=1S/C16H9FN2O2/c17-13-8-4-7-11-14(20)12-9-19(10-5-2-1-3-6-10)18-16(12)21-15(11)13/h1-9H. The quantitative estimate of drug-likeness (QED) is 0.537. The predicted octanol–water partition coefficient (Wildman–Crippen LogP) is 3.27. The maximum absolute atomic E-state index is 13.8. The molecular weight excluding hydrogens is 271 g/mol. The second-order valence-corrected chi connectivity index (χ2v) is 4.68. The summed E-state index contributed by atoms with van der Waals surface area (Å²) in [6.45, 7) is 0. The molecule has 0 unspecified atom stereocenters. The van der Waals surface area contributed by atoms with Crippen LogP contribution in [0.1, 0.15) is 0 Å². The highest BCUT2D eigenvalue weighted by molar-refractivity contribution is 5.88. The van der Waals surface area contributed by atoms with Gasteiger partial charge in [-0.2, -0.15) is 0 Å². The first-order valence-electron chi connectivity index (χ1n) is 6.40. The zero-order valence-corrected chi connectivity index (χ0v) is 10.8. The van der Waals surface area contributed by atoms with Crippen LogP contribution in [0.5, 0.6) is 0 Å². The number of halogens is 1. The second kappa shape index (κ2) is 4.28. The van der Waals surface area contributed by atoms with Crippen molar-refractivity contribution in [3.05, 3.63) is 70.8 Å². The lowest BCUT2D eigenvalue weighted by Gasteiger charge is -1.97. The van der Waals surface area contributed by atoms with Crippen molar-refractivity contribution in [2.75, 3.05) is 0 Å². The molecule has 2 heterocycles. The van der Waals surface area contributed by atoms with Crippen molar-refractivity contribution in [1.29, 1.82) is 0 Å². The van der Waals surface area contributed by atoms with E-state index < -0.39 is 5.82 Å². The van der Waals surface area contributed by atoms with Gasteiger partial charge in [0, 0.05) is 6.20 Å². The van der Waals surface area contributed by atoms with E-state index in [1.54, 1.807) is 16.9 Å². The molecule has 102 valence electrons. The summed E-state index contributed by atoms with van der Waals surface area (Å²) >= 11 is 0. The summed E-state index contributed by atoms with van der Waals surface area (Å²) in [6.07, 6.45) is 1.60. The van der Waals surface area contributed by atoms with Gasteiger partial charge in [-0.05, 0) is 24.3 Å². The third kappa shape index (κ3) is 1.74. The van der Waals surface area contributed by atoms with Crippen molar-refractivity contribution in [1.82, 2.24) is 9.78 Å². The summed E-state index contributed by atoms with van der Waals surface area (Å²) in [7, 11) is 0. The van der Waals surface area contributed by atoms with Gasteiger partial charge in [-0.15, -0.1) is 5.10 Å². The van der Waals surface area contributed by atoms with Gasteiger partial charge in [0.25, 0.3) is 0 Å². The number of nitrogens with zero attached hydrogens (tertiary/aromatic N) is 2. The first kappa shape index (κ1) is 11.8. The van der Waals surface area contributed by atoms with Crippen LogP contribution < -0.4 is 5.43 Å². The normalized spacial score (nSPS) is 11.3. The zero-order valence-electron chi connectivity index (χ0n) is 10.8. The van der Waals surface area contributed by atoms with Crippen LogP contribution in [-0.4, -0.2) is 9.78 Å². The van der Waals surface area contributed by atoms with Gasteiger partial charge < -0.3 is 4.42 Å². The molecule has 4 nitrogen and oxygen atoms in total. The fraction of sp³-hybridized carbons (Fsp3) is 0. The van der Waals surface area contributed by atoms with Crippen LogP contribution in [-0.2, 0) is 0 Å². The lowest BCUT2D eigenvalue weighted by atomic mass is 10.2. The number of rotatable bonds is 1. The molecule has 4 aromatic rings. The van der Waals surface area contributed by atoms with Crippen molar-refractivity contribution in [2.24, 2.45) is 0 Å². The molecule has 0 aliphatic carbocycles. The predicted molar refractivity (Wildman–Crippen MR) is 77.1 cm³/mol. The number of benzene rings is 2. The van der Waals surface area contributed by atoms with E-state index in [-0.39, 0.29) is 22.1 Å². The molecule has 0 saturated heterocycles. The first-order chi connectivity index (χ1) is 10.2. The van der Waals surface area contributed by atoms with Gasteiger partial charge in [0.2, 0.25) is 11.1 Å². The minimum Gasteiger partial charge on any atom is -0.433 e. The molecule has 0 aliphatic rings. The van der Waals surface area contributed by atoms with Crippen molar-refractivity contribution in [3.8, 4) is 5.69 Å². The molecule has 2 aromatic heterocycles. The zero-order chi connectivity index (χ0) is 14.4. The molecule has 2 aromatic carbocycles. The third-order valence-corrected chi connectivity index (χ3v) is 3.36. The fourth-order valence-electron chi connectivity index (χ4n) is 2.34. The van der Waals surface area contributed by atoms with Gasteiger partial charge in [-0.1, -0.05) is 24.3 Å². The Balaban J connectivity index is 2.09. The molecule has 0 atom stereocenters. The smallest absolute Gasteiger partial charge is 0.250 e. The molecular formula is C16H9FN2O2. The second-order valence-electron chi connectivity index (χ2n) is 4.68. The highest BCUT2D eigenvalue weighted by Crippen LogP contribution is 2.21. The van der Waals surface area contributed by atoms with Crippen molar-refractivity contribution >= 4 is 22.1 Å². The lowest BCUT2D eigenvalue weighted by Crippen LogP contribution is -2.01. The summed E-state index contributed by atoms with van der Waals surface area (Å²) in [4.78, 5) is 12.4. The molecule has 0 spiro atoms. The molecule has 21 heavy (non-hydrogen) atoms. The van der Waals surface area contributed by atoms with Crippen LogP contribution in [0.3, 0.4) is 0 Å². The van der Waals surface area contributed by atoms with Crippen LogP contribution in [0, 0.1) is 5.82 Å². The monoisotopic (exact) mass is 280 g/mol. The van der Waals surface area contributed by atoms with E-state index in [1.165, 1.54) is 12.1 Å². The summed E-state index contributed by atoms with van der Waals surface area (Å²) in [5.74, 6) is -0.569. The van der Waals surface area contributed by atoms with E-state index >= 15 is 0 Å². The third-order valence-electron chi connectivity index (χ3n) is 3.36. The van der Waals surface area contributed by atoms with Crippen molar-refractivity contribution < 1.29 is 8.81 Å². The van der Waals surface area contributed by atoms with Crippen LogP contribution >= 0.6 is 0 Å². The number of para-hydroxylation sites is 2. The topological polar surface area (TPSA) is 48.0 Å². The molecule has 0 radical (unpaired) electrons. The average Bonchev–Trinajstić information content (AvgIpc) is 2.94. The number of aromatic nitrogens is 2. The SMILES string of the molecule is O=c1c2cn(-c3ccccc3)nc2oc2c(F)cccc12. The van der Waals surface area contributed by atoms with Crippen LogP contribution in [0.25, 0.3) is 27.8 Å². The Bertz CT molecular complexity index is 1020. The van der Waals surface area contributed by atoms with E-state index in [1.807, 2.05) is 30.3 Å². The van der Waals surface area contributed by atoms with E-state index in [0.29, 0.717) is 5.39 Å². The van der Waals surface area contributed by atoms with Crippen LogP contribution in [0.2, 0.25) is 0 Å².